The summed E-state index contributed by atoms with van der Waals surface area (Å²) in [5, 5.41) is 9.15. The molecular formula is C22H25Br2N3O2. The lowest BCUT2D eigenvalue weighted by Gasteiger charge is -2.18. The molecule has 7 heteroatoms. The first-order valence-corrected chi connectivity index (χ1v) is 11.4. The fourth-order valence-electron chi connectivity index (χ4n) is 3.45. The number of halogens is 2. The third kappa shape index (κ3) is 6.66. The molecule has 1 fully saturated rings. The fraction of sp³-hybridized carbons (Fsp3) is 0.364. The van der Waals surface area contributed by atoms with Crippen LogP contribution in [0.5, 0.6) is 0 Å². The van der Waals surface area contributed by atoms with Crippen molar-refractivity contribution < 1.29 is 9.59 Å². The van der Waals surface area contributed by atoms with E-state index in [1.54, 1.807) is 0 Å². The van der Waals surface area contributed by atoms with E-state index in [0.29, 0.717) is 26.2 Å². The minimum absolute atomic E-state index is 0.0554. The Labute approximate surface area is 188 Å². The second kappa shape index (κ2) is 10.9. The van der Waals surface area contributed by atoms with Gasteiger partial charge in [-0.1, -0.05) is 56.1 Å². The minimum atomic E-state index is -0.326. The molecule has 1 heterocycles. The van der Waals surface area contributed by atoms with Crippen molar-refractivity contribution in [2.75, 3.05) is 26.2 Å². The number of carbonyl (C=O) groups excluding carboxylic acids is 2. The zero-order valence-corrected chi connectivity index (χ0v) is 19.3. The van der Waals surface area contributed by atoms with Crippen molar-refractivity contribution in [1.82, 2.24) is 16.0 Å². The molecule has 29 heavy (non-hydrogen) atoms. The standard InChI is InChI=1S/C22H25Br2N3O2/c23-17-5-1-15(2-6-17)9-11-26-21(28)19-13-25-14-20(19)22(29)27-12-10-16-3-7-18(24)8-4-16/h1-8,19-20,25H,9-14H2,(H,26,28)(H,27,29)/t19-,20-/m0/s1. The van der Waals surface area contributed by atoms with E-state index >= 15 is 0 Å². The number of rotatable bonds is 8. The molecule has 2 aromatic rings. The second-order valence-electron chi connectivity index (χ2n) is 7.21. The number of carbonyl (C=O) groups is 2. The molecule has 0 aliphatic carbocycles. The molecule has 5 nitrogen and oxygen atoms in total. The molecule has 3 rings (SSSR count). The molecule has 2 atom stereocenters. The highest BCUT2D eigenvalue weighted by Gasteiger charge is 2.37. The lowest BCUT2D eigenvalue weighted by atomic mass is 9.94. The quantitative estimate of drug-likeness (QED) is 0.499. The normalized spacial score (nSPS) is 18.4. The van der Waals surface area contributed by atoms with Gasteiger partial charge in [0.05, 0.1) is 11.8 Å². The molecule has 2 amide bonds. The third-order valence-electron chi connectivity index (χ3n) is 5.14. The SMILES string of the molecule is O=C(NCCc1ccc(Br)cc1)[C@H]1CNC[C@@H]1C(=O)NCCc1ccc(Br)cc1. The maximum atomic E-state index is 12.6. The first-order valence-electron chi connectivity index (χ1n) is 9.78. The molecule has 1 saturated heterocycles. The van der Waals surface area contributed by atoms with Crippen LogP contribution < -0.4 is 16.0 Å². The highest BCUT2D eigenvalue weighted by atomic mass is 79.9. The third-order valence-corrected chi connectivity index (χ3v) is 6.20. The summed E-state index contributed by atoms with van der Waals surface area (Å²) in [6.45, 7) is 2.20. The van der Waals surface area contributed by atoms with Gasteiger partial charge >= 0.3 is 0 Å². The largest absolute Gasteiger partial charge is 0.355 e. The van der Waals surface area contributed by atoms with Gasteiger partial charge in [0.15, 0.2) is 0 Å². The Kier molecular flexibility index (Phi) is 8.27. The van der Waals surface area contributed by atoms with E-state index < -0.39 is 0 Å². The lowest BCUT2D eigenvalue weighted by molar-refractivity contribution is -0.132. The number of hydrogen-bond donors (Lipinski definition) is 3. The monoisotopic (exact) mass is 521 g/mol. The average Bonchev–Trinajstić information content (AvgIpc) is 3.21. The molecular weight excluding hydrogens is 498 g/mol. The molecule has 0 radical (unpaired) electrons. The van der Waals surface area contributed by atoms with E-state index in [4.69, 9.17) is 0 Å². The van der Waals surface area contributed by atoms with Crippen LogP contribution in [0.1, 0.15) is 11.1 Å². The summed E-state index contributed by atoms with van der Waals surface area (Å²) in [7, 11) is 0. The van der Waals surface area contributed by atoms with Crippen LogP contribution in [0.4, 0.5) is 0 Å². The molecule has 1 aliphatic heterocycles. The lowest BCUT2D eigenvalue weighted by Crippen LogP contribution is -2.42. The van der Waals surface area contributed by atoms with Crippen molar-refractivity contribution in [2.45, 2.75) is 12.8 Å². The molecule has 0 saturated carbocycles. The van der Waals surface area contributed by atoms with Crippen LogP contribution in [0.3, 0.4) is 0 Å². The first kappa shape index (κ1) is 22.0. The minimum Gasteiger partial charge on any atom is -0.355 e. The Morgan fingerprint density at radius 2 is 1.14 bits per heavy atom. The van der Waals surface area contributed by atoms with E-state index in [-0.39, 0.29) is 23.7 Å². The summed E-state index contributed by atoms with van der Waals surface area (Å²) in [5.74, 6) is -0.763. The van der Waals surface area contributed by atoms with Crippen molar-refractivity contribution in [3.8, 4) is 0 Å². The first-order chi connectivity index (χ1) is 14.0. The Hall–Kier alpha value is -1.70. The van der Waals surface area contributed by atoms with Crippen LogP contribution in [-0.2, 0) is 22.4 Å². The van der Waals surface area contributed by atoms with Crippen LogP contribution >= 0.6 is 31.9 Å². The zero-order chi connectivity index (χ0) is 20.6. The van der Waals surface area contributed by atoms with Crippen LogP contribution in [0.25, 0.3) is 0 Å². The summed E-state index contributed by atoms with van der Waals surface area (Å²) in [6, 6.07) is 16.1. The van der Waals surface area contributed by atoms with Crippen molar-refractivity contribution in [3.05, 3.63) is 68.6 Å². The number of benzene rings is 2. The van der Waals surface area contributed by atoms with E-state index in [2.05, 4.69) is 47.8 Å². The predicted octanol–water partition coefficient (Wildman–Crippen LogP) is 3.06. The average molecular weight is 523 g/mol. The summed E-state index contributed by atoms with van der Waals surface area (Å²) < 4.78 is 2.08. The zero-order valence-electron chi connectivity index (χ0n) is 16.1. The summed E-state index contributed by atoms with van der Waals surface area (Å²) in [5.41, 5.74) is 2.33. The van der Waals surface area contributed by atoms with Gasteiger partial charge < -0.3 is 16.0 Å². The summed E-state index contributed by atoms with van der Waals surface area (Å²) >= 11 is 6.84. The number of nitrogens with one attached hydrogen (secondary N) is 3. The molecule has 0 bridgehead atoms. The van der Waals surface area contributed by atoms with Crippen molar-refractivity contribution >= 4 is 43.7 Å². The molecule has 0 unspecified atom stereocenters. The summed E-state index contributed by atoms with van der Waals surface area (Å²) in [6.07, 6.45) is 1.53. The number of hydrogen-bond acceptors (Lipinski definition) is 3. The van der Waals surface area contributed by atoms with Crippen LogP contribution in [0.15, 0.2) is 57.5 Å². The van der Waals surface area contributed by atoms with Gasteiger partial charge in [0, 0.05) is 35.1 Å². The second-order valence-corrected chi connectivity index (χ2v) is 9.04. The Morgan fingerprint density at radius 3 is 1.52 bits per heavy atom. The van der Waals surface area contributed by atoms with Crippen molar-refractivity contribution in [2.24, 2.45) is 11.8 Å². The topological polar surface area (TPSA) is 70.2 Å². The maximum absolute atomic E-state index is 12.6. The Morgan fingerprint density at radius 1 is 0.759 bits per heavy atom. The maximum Gasteiger partial charge on any atom is 0.225 e. The van der Waals surface area contributed by atoms with E-state index in [9.17, 15) is 9.59 Å². The van der Waals surface area contributed by atoms with Gasteiger partial charge in [-0.05, 0) is 48.2 Å². The van der Waals surface area contributed by atoms with Crippen molar-refractivity contribution in [1.29, 1.82) is 0 Å². The predicted molar refractivity (Wildman–Crippen MR) is 122 cm³/mol. The van der Waals surface area contributed by atoms with Crippen molar-refractivity contribution in [3.63, 3.8) is 0 Å². The molecule has 0 spiro atoms. The highest BCUT2D eigenvalue weighted by molar-refractivity contribution is 9.10. The van der Waals surface area contributed by atoms with Gasteiger partial charge in [-0.25, -0.2) is 0 Å². The van der Waals surface area contributed by atoms with Gasteiger partial charge in [-0.3, -0.25) is 9.59 Å². The van der Waals surface area contributed by atoms with Gasteiger partial charge in [0.2, 0.25) is 11.8 Å². The van der Waals surface area contributed by atoms with Gasteiger partial charge in [-0.2, -0.15) is 0 Å². The summed E-state index contributed by atoms with van der Waals surface area (Å²) in [4.78, 5) is 25.2. The number of amides is 2. The highest BCUT2D eigenvalue weighted by Crippen LogP contribution is 2.18. The van der Waals surface area contributed by atoms with Gasteiger partial charge in [-0.15, -0.1) is 0 Å². The molecule has 0 aromatic heterocycles. The molecule has 1 aliphatic rings. The fourth-order valence-corrected chi connectivity index (χ4v) is 3.98. The Bertz CT molecular complexity index is 755. The Balaban J connectivity index is 1.42. The van der Waals surface area contributed by atoms with Gasteiger partial charge in [0.1, 0.15) is 0 Å². The smallest absolute Gasteiger partial charge is 0.225 e. The van der Waals surface area contributed by atoms with Crippen LogP contribution in [0, 0.1) is 11.8 Å². The van der Waals surface area contributed by atoms with E-state index in [1.165, 1.54) is 11.1 Å². The molecule has 3 N–H and O–H groups in total. The van der Waals surface area contributed by atoms with Crippen LogP contribution in [0.2, 0.25) is 0 Å². The van der Waals surface area contributed by atoms with Crippen LogP contribution in [-0.4, -0.2) is 38.0 Å². The van der Waals surface area contributed by atoms with E-state index in [1.807, 2.05) is 48.5 Å². The molecule has 154 valence electrons. The van der Waals surface area contributed by atoms with E-state index in [0.717, 1.165) is 21.8 Å². The van der Waals surface area contributed by atoms with Gasteiger partial charge in [0.25, 0.3) is 0 Å². The molecule has 2 aromatic carbocycles.